The van der Waals surface area contributed by atoms with Gasteiger partial charge in [-0.05, 0) is 30.7 Å². The summed E-state index contributed by atoms with van der Waals surface area (Å²) in [5.41, 5.74) is 0.642. The maximum Gasteiger partial charge on any atom is 0.203 e. The lowest BCUT2D eigenvalue weighted by Crippen LogP contribution is -2.01. The second-order valence-corrected chi connectivity index (χ2v) is 3.19. The second kappa shape index (κ2) is 5.55. The van der Waals surface area contributed by atoms with Gasteiger partial charge in [0, 0.05) is 0 Å². The maximum atomic E-state index is 13.1. The van der Waals surface area contributed by atoms with Crippen molar-refractivity contribution in [2.24, 2.45) is 0 Å². The molecule has 0 radical (unpaired) electrons. The third kappa shape index (κ3) is 3.00. The van der Waals surface area contributed by atoms with Crippen molar-refractivity contribution in [1.82, 2.24) is 0 Å². The van der Waals surface area contributed by atoms with Crippen LogP contribution < -0.4 is 4.74 Å². The van der Waals surface area contributed by atoms with Crippen molar-refractivity contribution in [3.8, 4) is 5.75 Å². The van der Waals surface area contributed by atoms with E-state index in [1.54, 1.807) is 6.92 Å². The van der Waals surface area contributed by atoms with Gasteiger partial charge in [-0.1, -0.05) is 0 Å². The van der Waals surface area contributed by atoms with Crippen molar-refractivity contribution >= 4 is 0 Å². The molecule has 1 aromatic rings. The molecule has 0 amide bonds. The maximum absolute atomic E-state index is 13.1. The van der Waals surface area contributed by atoms with Gasteiger partial charge in [-0.2, -0.15) is 4.39 Å². The van der Waals surface area contributed by atoms with Crippen LogP contribution in [0.15, 0.2) is 23.8 Å². The number of hydrogen-bond acceptors (Lipinski definition) is 2. The SMILES string of the molecule is CC(=CCOc1ccc(F)c(F)c1F)CO. The zero-order valence-corrected chi connectivity index (χ0v) is 8.64. The van der Waals surface area contributed by atoms with E-state index in [1.165, 1.54) is 6.08 Å². The number of ether oxygens (including phenoxy) is 1. The third-order valence-corrected chi connectivity index (χ3v) is 1.92. The zero-order chi connectivity index (χ0) is 12.1. The van der Waals surface area contributed by atoms with Crippen LogP contribution in [0.4, 0.5) is 13.2 Å². The predicted octanol–water partition coefficient (Wildman–Crippen LogP) is 2.42. The number of halogens is 3. The van der Waals surface area contributed by atoms with E-state index in [9.17, 15) is 13.2 Å². The Kier molecular flexibility index (Phi) is 4.37. The van der Waals surface area contributed by atoms with Gasteiger partial charge in [0.2, 0.25) is 5.82 Å². The van der Waals surface area contributed by atoms with E-state index in [2.05, 4.69) is 0 Å². The molecular weight excluding hydrogens is 221 g/mol. The molecule has 0 aliphatic carbocycles. The van der Waals surface area contributed by atoms with E-state index in [-0.39, 0.29) is 19.0 Å². The molecule has 0 fully saturated rings. The topological polar surface area (TPSA) is 29.5 Å². The molecule has 0 spiro atoms. The molecule has 0 unspecified atom stereocenters. The van der Waals surface area contributed by atoms with Gasteiger partial charge in [0.1, 0.15) is 6.61 Å². The van der Waals surface area contributed by atoms with Gasteiger partial charge in [0.25, 0.3) is 0 Å². The van der Waals surface area contributed by atoms with Crippen LogP contribution in [0, 0.1) is 17.5 Å². The van der Waals surface area contributed by atoms with Gasteiger partial charge < -0.3 is 9.84 Å². The normalized spacial score (nSPS) is 11.7. The molecule has 0 saturated heterocycles. The Hall–Kier alpha value is -1.49. The number of aliphatic hydroxyl groups is 1. The van der Waals surface area contributed by atoms with Crippen LogP contribution in [0.25, 0.3) is 0 Å². The van der Waals surface area contributed by atoms with E-state index >= 15 is 0 Å². The van der Waals surface area contributed by atoms with Crippen LogP contribution in [0.1, 0.15) is 6.92 Å². The smallest absolute Gasteiger partial charge is 0.203 e. The number of aliphatic hydroxyl groups excluding tert-OH is 1. The van der Waals surface area contributed by atoms with Crippen molar-refractivity contribution in [3.05, 3.63) is 41.2 Å². The van der Waals surface area contributed by atoms with Crippen molar-refractivity contribution in [2.75, 3.05) is 13.2 Å². The van der Waals surface area contributed by atoms with Crippen LogP contribution in [0.2, 0.25) is 0 Å². The first-order valence-corrected chi connectivity index (χ1v) is 4.59. The first-order chi connectivity index (χ1) is 7.56. The van der Waals surface area contributed by atoms with E-state index in [0.29, 0.717) is 5.57 Å². The quantitative estimate of drug-likeness (QED) is 0.638. The monoisotopic (exact) mass is 232 g/mol. The summed E-state index contributed by atoms with van der Waals surface area (Å²) in [6.07, 6.45) is 1.51. The molecule has 0 aliphatic heterocycles. The summed E-state index contributed by atoms with van der Waals surface area (Å²) < 4.78 is 43.2. The molecule has 0 aliphatic rings. The molecule has 0 heterocycles. The molecule has 5 heteroatoms. The lowest BCUT2D eigenvalue weighted by Gasteiger charge is -2.06. The van der Waals surface area contributed by atoms with Gasteiger partial charge in [-0.25, -0.2) is 8.78 Å². The fraction of sp³-hybridized carbons (Fsp3) is 0.273. The minimum Gasteiger partial charge on any atom is -0.486 e. The highest BCUT2D eigenvalue weighted by Gasteiger charge is 2.13. The highest BCUT2D eigenvalue weighted by molar-refractivity contribution is 5.26. The van der Waals surface area contributed by atoms with Gasteiger partial charge in [-0.3, -0.25) is 0 Å². The molecule has 0 atom stereocenters. The fourth-order valence-electron chi connectivity index (χ4n) is 0.958. The lowest BCUT2D eigenvalue weighted by molar-refractivity contribution is 0.315. The van der Waals surface area contributed by atoms with Crippen LogP contribution >= 0.6 is 0 Å². The van der Waals surface area contributed by atoms with Crippen LogP contribution in [-0.4, -0.2) is 18.3 Å². The lowest BCUT2D eigenvalue weighted by atomic mass is 10.3. The summed E-state index contributed by atoms with van der Waals surface area (Å²) >= 11 is 0. The summed E-state index contributed by atoms with van der Waals surface area (Å²) in [7, 11) is 0. The Labute approximate surface area is 91.0 Å². The first-order valence-electron chi connectivity index (χ1n) is 4.59. The molecule has 1 N–H and O–H groups in total. The second-order valence-electron chi connectivity index (χ2n) is 3.19. The van der Waals surface area contributed by atoms with Crippen LogP contribution in [0.3, 0.4) is 0 Å². The Bertz CT molecular complexity index is 402. The molecule has 0 saturated carbocycles. The minimum atomic E-state index is -1.56. The Morgan fingerprint density at radius 2 is 2.00 bits per heavy atom. The van der Waals surface area contributed by atoms with E-state index < -0.39 is 17.5 Å². The molecule has 88 valence electrons. The summed E-state index contributed by atoms with van der Waals surface area (Å²) in [6, 6.07) is 1.80. The minimum absolute atomic E-state index is 0.0195. The first kappa shape index (κ1) is 12.6. The van der Waals surface area contributed by atoms with E-state index in [0.717, 1.165) is 12.1 Å². The molecule has 1 aromatic carbocycles. The average Bonchev–Trinajstić information content (AvgIpc) is 2.29. The zero-order valence-electron chi connectivity index (χ0n) is 8.64. The molecular formula is C11H11F3O2. The summed E-state index contributed by atoms with van der Waals surface area (Å²) in [5, 5.41) is 8.66. The Morgan fingerprint density at radius 1 is 1.31 bits per heavy atom. The number of rotatable bonds is 4. The average molecular weight is 232 g/mol. The number of hydrogen-bond donors (Lipinski definition) is 1. The summed E-state index contributed by atoms with van der Waals surface area (Å²) in [5.74, 6) is -4.52. The summed E-state index contributed by atoms with van der Waals surface area (Å²) in [4.78, 5) is 0. The van der Waals surface area contributed by atoms with Gasteiger partial charge in [0.15, 0.2) is 17.4 Å². The highest BCUT2D eigenvalue weighted by atomic mass is 19.2. The van der Waals surface area contributed by atoms with Crippen LogP contribution in [-0.2, 0) is 0 Å². The highest BCUT2D eigenvalue weighted by Crippen LogP contribution is 2.21. The van der Waals surface area contributed by atoms with Crippen molar-refractivity contribution in [2.45, 2.75) is 6.92 Å². The third-order valence-electron chi connectivity index (χ3n) is 1.92. The Morgan fingerprint density at radius 3 is 2.62 bits per heavy atom. The Balaban J connectivity index is 2.72. The van der Waals surface area contributed by atoms with Crippen molar-refractivity contribution < 1.29 is 23.0 Å². The molecule has 2 nitrogen and oxygen atoms in total. The molecule has 0 aromatic heterocycles. The standard InChI is InChI=1S/C11H11F3O2/c1-7(6-15)4-5-16-9-3-2-8(12)10(13)11(9)14/h2-4,15H,5-6H2,1H3. The number of benzene rings is 1. The van der Waals surface area contributed by atoms with Gasteiger partial charge >= 0.3 is 0 Å². The predicted molar refractivity (Wildman–Crippen MR) is 52.7 cm³/mol. The van der Waals surface area contributed by atoms with Crippen LogP contribution in [0.5, 0.6) is 5.75 Å². The molecule has 1 rings (SSSR count). The van der Waals surface area contributed by atoms with Gasteiger partial charge in [0.05, 0.1) is 6.61 Å². The van der Waals surface area contributed by atoms with E-state index in [1.807, 2.05) is 0 Å². The summed E-state index contributed by atoms with van der Waals surface area (Å²) in [6.45, 7) is 1.50. The van der Waals surface area contributed by atoms with Crippen molar-refractivity contribution in [1.29, 1.82) is 0 Å². The fourth-order valence-corrected chi connectivity index (χ4v) is 0.958. The van der Waals surface area contributed by atoms with E-state index in [4.69, 9.17) is 9.84 Å². The molecule has 0 bridgehead atoms. The molecule has 16 heavy (non-hydrogen) atoms. The van der Waals surface area contributed by atoms with Crippen molar-refractivity contribution in [3.63, 3.8) is 0 Å². The largest absolute Gasteiger partial charge is 0.486 e. The van der Waals surface area contributed by atoms with Gasteiger partial charge in [-0.15, -0.1) is 0 Å².